The van der Waals surface area contributed by atoms with E-state index in [0.717, 1.165) is 45.4 Å². The number of carbonyl (C=O) groups is 1. The van der Waals surface area contributed by atoms with Crippen molar-refractivity contribution in [2.24, 2.45) is 17.3 Å². The molecule has 1 saturated heterocycles. The summed E-state index contributed by atoms with van der Waals surface area (Å²) in [5.41, 5.74) is 2.23. The first-order valence-electron chi connectivity index (χ1n) is 10.7. The Kier molecular flexibility index (Phi) is 4.05. The molecule has 1 amide bonds. The number of rotatable bonds is 3. The number of aryl methyl sites for hydroxylation is 1. The third-order valence-corrected chi connectivity index (χ3v) is 7.77. The minimum Gasteiger partial charge on any atom is -0.390 e. The molecule has 2 unspecified atom stereocenters. The van der Waals surface area contributed by atoms with E-state index in [4.69, 9.17) is 0 Å². The summed E-state index contributed by atoms with van der Waals surface area (Å²) in [7, 11) is 0. The maximum Gasteiger partial charge on any atom is 0.223 e. The number of hydrogen-bond acceptors (Lipinski definition) is 3. The van der Waals surface area contributed by atoms with Crippen LogP contribution in [0.1, 0.15) is 50.5 Å². The number of carbonyl (C=O) groups excluding carboxylic acids is 1. The number of aliphatic hydroxyl groups is 1. The SMILES string of the molecule is Cc1ccccc1N1CCN(C(=O)CC23CC4CC(CC(O)(C4)C2)C3)CC1. The van der Waals surface area contributed by atoms with Crippen molar-refractivity contribution in [1.82, 2.24) is 4.90 Å². The van der Waals surface area contributed by atoms with Gasteiger partial charge < -0.3 is 14.9 Å². The number of piperazine rings is 1. The Morgan fingerprint density at radius 2 is 1.74 bits per heavy atom. The number of amides is 1. The zero-order valence-electron chi connectivity index (χ0n) is 16.5. The van der Waals surface area contributed by atoms with E-state index in [2.05, 4.69) is 41.0 Å². The molecule has 4 bridgehead atoms. The van der Waals surface area contributed by atoms with Gasteiger partial charge in [-0.1, -0.05) is 18.2 Å². The van der Waals surface area contributed by atoms with Gasteiger partial charge in [0.25, 0.3) is 0 Å². The second-order valence-electron chi connectivity index (χ2n) is 10.0. The normalized spacial score (nSPS) is 37.7. The van der Waals surface area contributed by atoms with Crippen molar-refractivity contribution in [3.05, 3.63) is 29.8 Å². The number of anilines is 1. The van der Waals surface area contributed by atoms with Crippen molar-refractivity contribution in [2.45, 2.75) is 57.5 Å². The molecule has 27 heavy (non-hydrogen) atoms. The highest BCUT2D eigenvalue weighted by atomic mass is 16.3. The molecule has 0 radical (unpaired) electrons. The van der Waals surface area contributed by atoms with Crippen molar-refractivity contribution < 1.29 is 9.90 Å². The number of para-hydroxylation sites is 1. The van der Waals surface area contributed by atoms with Crippen LogP contribution >= 0.6 is 0 Å². The van der Waals surface area contributed by atoms with Crippen LogP contribution in [-0.2, 0) is 4.79 Å². The molecule has 0 spiro atoms. The van der Waals surface area contributed by atoms with E-state index in [1.54, 1.807) is 0 Å². The van der Waals surface area contributed by atoms with E-state index in [1.165, 1.54) is 30.5 Å². The van der Waals surface area contributed by atoms with Gasteiger partial charge in [0.05, 0.1) is 5.60 Å². The molecule has 1 aromatic rings. The molecule has 4 saturated carbocycles. The lowest BCUT2D eigenvalue weighted by atomic mass is 9.47. The summed E-state index contributed by atoms with van der Waals surface area (Å²) in [4.78, 5) is 17.6. The molecule has 1 heterocycles. The standard InChI is InChI=1S/C23H32N2O2/c1-17-4-2-3-5-20(17)24-6-8-25(9-7-24)21(26)15-22-11-18-10-19(12-22)14-23(27,13-18)16-22/h2-5,18-19,27H,6-16H2,1H3. The minimum absolute atomic E-state index is 0.0864. The lowest BCUT2D eigenvalue weighted by Gasteiger charge is -2.60. The molecule has 1 N–H and O–H groups in total. The first-order chi connectivity index (χ1) is 12.9. The van der Waals surface area contributed by atoms with Gasteiger partial charge in [0.1, 0.15) is 0 Å². The van der Waals surface area contributed by atoms with Crippen molar-refractivity contribution >= 4 is 11.6 Å². The highest BCUT2D eigenvalue weighted by Crippen LogP contribution is 2.62. The topological polar surface area (TPSA) is 43.8 Å². The van der Waals surface area contributed by atoms with E-state index >= 15 is 0 Å². The Bertz CT molecular complexity index is 724. The lowest BCUT2D eigenvalue weighted by molar-refractivity contribution is -0.172. The highest BCUT2D eigenvalue weighted by molar-refractivity contribution is 5.77. The van der Waals surface area contributed by atoms with Crippen LogP contribution in [0.4, 0.5) is 5.69 Å². The molecular weight excluding hydrogens is 336 g/mol. The highest BCUT2D eigenvalue weighted by Gasteiger charge is 2.57. The summed E-state index contributed by atoms with van der Waals surface area (Å²) in [6, 6.07) is 8.52. The van der Waals surface area contributed by atoms with Crippen molar-refractivity contribution in [2.75, 3.05) is 31.1 Å². The first kappa shape index (κ1) is 17.5. The van der Waals surface area contributed by atoms with Gasteiger partial charge >= 0.3 is 0 Å². The Morgan fingerprint density at radius 1 is 1.07 bits per heavy atom. The third kappa shape index (κ3) is 3.16. The summed E-state index contributed by atoms with van der Waals surface area (Å²) in [5, 5.41) is 10.9. The summed E-state index contributed by atoms with van der Waals surface area (Å²) in [5.74, 6) is 1.63. The molecule has 4 aliphatic carbocycles. The fraction of sp³-hybridized carbons (Fsp3) is 0.696. The fourth-order valence-corrected chi connectivity index (χ4v) is 7.16. The van der Waals surface area contributed by atoms with Crippen LogP contribution in [0.2, 0.25) is 0 Å². The predicted molar refractivity (Wildman–Crippen MR) is 107 cm³/mol. The van der Waals surface area contributed by atoms with Gasteiger partial charge in [-0.05, 0) is 74.3 Å². The van der Waals surface area contributed by atoms with E-state index in [-0.39, 0.29) is 5.41 Å². The van der Waals surface area contributed by atoms with Crippen molar-refractivity contribution in [1.29, 1.82) is 0 Å². The Labute approximate surface area is 162 Å². The fourth-order valence-electron chi connectivity index (χ4n) is 7.16. The molecular formula is C23H32N2O2. The molecule has 1 aliphatic heterocycles. The Hall–Kier alpha value is -1.55. The summed E-state index contributed by atoms with van der Waals surface area (Å²) >= 11 is 0. The van der Waals surface area contributed by atoms with Crippen LogP contribution in [0.3, 0.4) is 0 Å². The average molecular weight is 369 g/mol. The van der Waals surface area contributed by atoms with Crippen LogP contribution in [0, 0.1) is 24.2 Å². The number of nitrogens with zero attached hydrogens (tertiary/aromatic N) is 2. The molecule has 4 nitrogen and oxygen atoms in total. The van der Waals surface area contributed by atoms with E-state index in [0.29, 0.717) is 24.2 Å². The largest absolute Gasteiger partial charge is 0.390 e. The number of hydrogen-bond donors (Lipinski definition) is 1. The lowest BCUT2D eigenvalue weighted by Crippen LogP contribution is -2.57. The maximum atomic E-state index is 13.1. The monoisotopic (exact) mass is 368 g/mol. The van der Waals surface area contributed by atoms with E-state index in [1.807, 2.05) is 0 Å². The van der Waals surface area contributed by atoms with Gasteiger partial charge in [-0.2, -0.15) is 0 Å². The molecule has 1 aromatic carbocycles. The van der Waals surface area contributed by atoms with Crippen LogP contribution in [-0.4, -0.2) is 47.7 Å². The van der Waals surface area contributed by atoms with Crippen molar-refractivity contribution in [3.8, 4) is 0 Å². The van der Waals surface area contributed by atoms with Gasteiger partial charge in [0.15, 0.2) is 0 Å². The van der Waals surface area contributed by atoms with Gasteiger partial charge in [0.2, 0.25) is 5.91 Å². The molecule has 2 atom stereocenters. The molecule has 5 aliphatic rings. The Morgan fingerprint density at radius 3 is 2.37 bits per heavy atom. The van der Waals surface area contributed by atoms with Gasteiger partial charge in [-0.25, -0.2) is 0 Å². The maximum absolute atomic E-state index is 13.1. The predicted octanol–water partition coefficient (Wildman–Crippen LogP) is 3.37. The minimum atomic E-state index is -0.464. The van der Waals surface area contributed by atoms with Gasteiger partial charge in [0, 0.05) is 38.3 Å². The number of benzene rings is 1. The third-order valence-electron chi connectivity index (χ3n) is 7.77. The molecule has 4 heteroatoms. The molecule has 6 rings (SSSR count). The smallest absolute Gasteiger partial charge is 0.223 e. The molecule has 0 aromatic heterocycles. The van der Waals surface area contributed by atoms with Crippen LogP contribution in [0.5, 0.6) is 0 Å². The van der Waals surface area contributed by atoms with E-state index in [9.17, 15) is 9.90 Å². The van der Waals surface area contributed by atoms with Gasteiger partial charge in [-0.3, -0.25) is 4.79 Å². The summed E-state index contributed by atoms with van der Waals surface area (Å²) in [6.45, 7) is 5.63. The quantitative estimate of drug-likeness (QED) is 0.890. The zero-order valence-corrected chi connectivity index (χ0v) is 16.5. The van der Waals surface area contributed by atoms with Crippen LogP contribution in [0.25, 0.3) is 0 Å². The van der Waals surface area contributed by atoms with Crippen LogP contribution in [0.15, 0.2) is 24.3 Å². The zero-order chi connectivity index (χ0) is 18.6. The summed E-state index contributed by atoms with van der Waals surface area (Å²) in [6.07, 6.45) is 7.10. The second kappa shape index (κ2) is 6.23. The van der Waals surface area contributed by atoms with Crippen LogP contribution < -0.4 is 4.90 Å². The second-order valence-corrected chi connectivity index (χ2v) is 10.0. The average Bonchev–Trinajstić information content (AvgIpc) is 2.60. The Balaban J connectivity index is 1.22. The van der Waals surface area contributed by atoms with Crippen molar-refractivity contribution in [3.63, 3.8) is 0 Å². The van der Waals surface area contributed by atoms with E-state index < -0.39 is 5.60 Å². The molecule has 146 valence electrons. The summed E-state index contributed by atoms with van der Waals surface area (Å²) < 4.78 is 0. The first-order valence-corrected chi connectivity index (χ1v) is 10.7. The van der Waals surface area contributed by atoms with Gasteiger partial charge in [-0.15, -0.1) is 0 Å². The molecule has 5 fully saturated rings.